The summed E-state index contributed by atoms with van der Waals surface area (Å²) in [5.74, 6) is 0. The summed E-state index contributed by atoms with van der Waals surface area (Å²) in [5.41, 5.74) is 32.2. The normalized spacial score (nSPS) is 13.3. The molecule has 7 heteroatoms. The van der Waals surface area contributed by atoms with E-state index in [1.165, 1.54) is 80.7 Å². The first-order valence-corrected chi connectivity index (χ1v) is 42.0. The summed E-state index contributed by atoms with van der Waals surface area (Å²) in [6.07, 6.45) is 0. The van der Waals surface area contributed by atoms with Gasteiger partial charge in [-0.15, -0.1) is 11.3 Å². The fourth-order valence-corrected chi connectivity index (χ4v) is 19.2. The molecule has 16 aromatic rings. The van der Waals surface area contributed by atoms with Crippen LogP contribution < -0.4 is 36.0 Å². The van der Waals surface area contributed by atoms with Gasteiger partial charge in [0, 0.05) is 93.3 Å². The summed E-state index contributed by atoms with van der Waals surface area (Å²) in [5, 5.41) is 4.94. The minimum Gasteiger partial charge on any atom is -0.311 e. The second-order valence-electron chi connectivity index (χ2n) is 38.3. The van der Waals surface area contributed by atoms with Gasteiger partial charge in [-0.05, 0) is 215 Å². The van der Waals surface area contributed by atoms with Gasteiger partial charge in [-0.25, -0.2) is 0 Å². The van der Waals surface area contributed by atoms with Crippen molar-refractivity contribution in [2.45, 2.75) is 157 Å². The summed E-state index contributed by atoms with van der Waals surface area (Å²) in [6, 6.07) is 117. The van der Waals surface area contributed by atoms with Gasteiger partial charge in [0.15, 0.2) is 0 Å². The molecule has 0 saturated heterocycles. The summed E-state index contributed by atoms with van der Waals surface area (Å²) >= 11 is 1.94. The molecule has 5 nitrogen and oxygen atoms in total. The van der Waals surface area contributed by atoms with Crippen molar-refractivity contribution in [1.82, 2.24) is 4.57 Å². The summed E-state index contributed by atoms with van der Waals surface area (Å²) in [4.78, 5) is 10.5. The van der Waals surface area contributed by atoms with Crippen molar-refractivity contribution in [3.63, 3.8) is 0 Å². The Morgan fingerprint density at radius 1 is 0.278 bits per heavy atom. The van der Waals surface area contributed by atoms with E-state index in [0.29, 0.717) is 0 Å². The molecule has 0 saturated carbocycles. The van der Waals surface area contributed by atoms with E-state index in [4.69, 9.17) is 0 Å². The molecule has 0 bridgehead atoms. The molecule has 0 atom stereocenters. The van der Waals surface area contributed by atoms with Gasteiger partial charge < -0.3 is 24.2 Å². The molecule has 570 valence electrons. The quantitative estimate of drug-likeness (QED) is 0.120. The molecule has 14 aromatic carbocycles. The van der Waals surface area contributed by atoms with Crippen molar-refractivity contribution in [3.05, 3.63) is 337 Å². The lowest BCUT2D eigenvalue weighted by molar-refractivity contribution is 0.590. The van der Waals surface area contributed by atoms with E-state index in [2.05, 4.69) is 452 Å². The highest BCUT2D eigenvalue weighted by molar-refractivity contribution is 7.28. The van der Waals surface area contributed by atoms with E-state index in [-0.39, 0.29) is 39.2 Å². The highest BCUT2D eigenvalue weighted by Crippen LogP contribution is 2.56. The SMILES string of the molecule is CC(C)(C)c1ccc(N(c2ccc(C(C)(C)C)cc2)c2ccc3c(c2)N(c2ccccc2-c2ccccc2)c2cc(-n4c5ccc(C(C)(C)C)cc5c5cc(C(C)(C)C)ccc54)cc4c2B3c2c(cc(N(c3ccc(C(C)(C)C)cc3)c3ccc(C(C)(C)C)cc3)c3c2sc2ccccc23)N4c2ccccc2-c2ccccc2)cc1. The molecule has 0 unspecified atom stereocenters. The van der Waals surface area contributed by atoms with Crippen LogP contribution in [0.15, 0.2) is 303 Å². The molecule has 0 fully saturated rings. The number of rotatable bonds is 11. The van der Waals surface area contributed by atoms with Gasteiger partial charge in [0.05, 0.1) is 33.8 Å². The van der Waals surface area contributed by atoms with E-state index < -0.39 is 0 Å². The van der Waals surface area contributed by atoms with Crippen LogP contribution >= 0.6 is 11.3 Å². The summed E-state index contributed by atoms with van der Waals surface area (Å²) in [6.45, 7) is 41.5. The smallest absolute Gasteiger partial charge is 0.254 e. The summed E-state index contributed by atoms with van der Waals surface area (Å²) in [7, 11) is 0. The minimum atomic E-state index is -0.319. The molecule has 2 aliphatic rings. The van der Waals surface area contributed by atoms with Crippen molar-refractivity contribution in [3.8, 4) is 27.9 Å². The molecular formula is C108H104BN5S. The van der Waals surface area contributed by atoms with Crippen LogP contribution in [0.3, 0.4) is 0 Å². The van der Waals surface area contributed by atoms with Crippen LogP contribution in [0.2, 0.25) is 0 Å². The van der Waals surface area contributed by atoms with Crippen molar-refractivity contribution < 1.29 is 0 Å². The van der Waals surface area contributed by atoms with E-state index in [0.717, 1.165) is 107 Å². The first-order chi connectivity index (χ1) is 54.8. The van der Waals surface area contributed by atoms with E-state index in [1.807, 2.05) is 11.3 Å². The third-order valence-corrected chi connectivity index (χ3v) is 25.5. The Hall–Kier alpha value is -11.6. The van der Waals surface area contributed by atoms with Gasteiger partial charge in [0.1, 0.15) is 0 Å². The molecular weight excluding hydrogens is 1410 g/mol. The van der Waals surface area contributed by atoms with Crippen LogP contribution in [0, 0.1) is 0 Å². The van der Waals surface area contributed by atoms with Crippen LogP contribution in [-0.2, 0) is 32.5 Å². The van der Waals surface area contributed by atoms with Crippen molar-refractivity contribution in [1.29, 1.82) is 0 Å². The zero-order chi connectivity index (χ0) is 80.2. The Morgan fingerprint density at radius 2 is 0.643 bits per heavy atom. The Morgan fingerprint density at radius 3 is 1.08 bits per heavy atom. The molecule has 0 amide bonds. The van der Waals surface area contributed by atoms with Crippen molar-refractivity contribution in [2.75, 3.05) is 19.6 Å². The molecule has 0 N–H and O–H groups in total. The molecule has 0 radical (unpaired) electrons. The predicted molar refractivity (Wildman–Crippen MR) is 500 cm³/mol. The topological polar surface area (TPSA) is 17.9 Å². The lowest BCUT2D eigenvalue weighted by Gasteiger charge is -2.46. The molecule has 0 aliphatic carbocycles. The molecule has 18 rings (SSSR count). The molecule has 4 heterocycles. The first kappa shape index (κ1) is 74.8. The lowest BCUT2D eigenvalue weighted by atomic mass is 9.33. The van der Waals surface area contributed by atoms with Crippen LogP contribution in [0.5, 0.6) is 0 Å². The third-order valence-electron chi connectivity index (χ3n) is 24.3. The maximum Gasteiger partial charge on any atom is 0.254 e. The van der Waals surface area contributed by atoms with Gasteiger partial charge in [-0.3, -0.25) is 0 Å². The molecule has 2 aromatic heterocycles. The average Bonchev–Trinajstić information content (AvgIpc) is 1.62. The Labute approximate surface area is 685 Å². The zero-order valence-corrected chi connectivity index (χ0v) is 70.9. The largest absolute Gasteiger partial charge is 0.311 e. The number of para-hydroxylation sites is 2. The van der Waals surface area contributed by atoms with Crippen LogP contribution in [0.4, 0.5) is 68.2 Å². The number of thiophene rings is 1. The zero-order valence-electron chi connectivity index (χ0n) is 70.1. The molecule has 0 spiro atoms. The third kappa shape index (κ3) is 13.1. The lowest BCUT2D eigenvalue weighted by Crippen LogP contribution is -2.61. The van der Waals surface area contributed by atoms with E-state index in [1.54, 1.807) is 0 Å². The Kier molecular flexibility index (Phi) is 17.9. The van der Waals surface area contributed by atoms with Gasteiger partial charge in [-0.2, -0.15) is 0 Å². The second-order valence-corrected chi connectivity index (χ2v) is 39.4. The van der Waals surface area contributed by atoms with Crippen LogP contribution in [-0.4, -0.2) is 11.3 Å². The number of nitrogens with zero attached hydrogens (tertiary/aromatic N) is 5. The number of aromatic nitrogens is 1. The number of hydrogen-bond donors (Lipinski definition) is 0. The van der Waals surface area contributed by atoms with Crippen molar-refractivity contribution >= 4 is 145 Å². The predicted octanol–water partition coefficient (Wildman–Crippen LogP) is 29.3. The second kappa shape index (κ2) is 27.6. The molecule has 2 aliphatic heterocycles. The maximum absolute atomic E-state index is 2.71. The minimum absolute atomic E-state index is 0.0466. The highest BCUT2D eigenvalue weighted by atomic mass is 32.1. The van der Waals surface area contributed by atoms with Gasteiger partial charge >= 0.3 is 0 Å². The number of fused-ring (bicyclic) bond motifs is 11. The number of anilines is 12. The Bertz CT molecular complexity index is 6240. The first-order valence-electron chi connectivity index (χ1n) is 41.2. The number of benzene rings is 14. The fourth-order valence-electron chi connectivity index (χ4n) is 17.9. The average molecular weight is 1510 g/mol. The Balaban J connectivity index is 1.03. The fraction of sp³-hybridized carbons (Fsp3) is 0.222. The number of hydrogen-bond acceptors (Lipinski definition) is 5. The monoisotopic (exact) mass is 1510 g/mol. The van der Waals surface area contributed by atoms with E-state index >= 15 is 0 Å². The van der Waals surface area contributed by atoms with Gasteiger partial charge in [0.25, 0.3) is 6.71 Å². The van der Waals surface area contributed by atoms with E-state index in [9.17, 15) is 0 Å². The van der Waals surface area contributed by atoms with Gasteiger partial charge in [0.2, 0.25) is 0 Å². The van der Waals surface area contributed by atoms with Crippen molar-refractivity contribution in [2.24, 2.45) is 0 Å². The van der Waals surface area contributed by atoms with Crippen LogP contribution in [0.1, 0.15) is 158 Å². The highest BCUT2D eigenvalue weighted by Gasteiger charge is 2.47. The van der Waals surface area contributed by atoms with Gasteiger partial charge in [-0.1, -0.05) is 307 Å². The summed E-state index contributed by atoms with van der Waals surface area (Å²) < 4.78 is 5.10. The van der Waals surface area contributed by atoms with Crippen LogP contribution in [0.25, 0.3) is 69.9 Å². The standard InChI is InChI=1S/C108H104BN5S/c1-103(2,3)71-41-51-77(52-42-71)110(78-53-43-72(44-54-78)104(4,5)6)81-59-60-88-93(65-81)113(89-38-28-25-35-83(89)69-31-21-19-22-32-69)95-66-82(112-91-61-49-75(107(13,14)15)63-86(91)87-64-76(108(16,17)18)50-62-92(87)112)67-96-100(95)109(88)101-97(114(96)90-39-29-26-36-84(90)70-33-23-20-24-34-70)68-94(99-85-37-27-30-40-98(85)115-102(99)101)111(79-55-45-73(46-56-79)105(7,8)9)80-57-47-74(48-58-80)106(10,11)12/h19-68H,1-18H3. The molecule has 115 heavy (non-hydrogen) atoms. The maximum atomic E-state index is 2.71.